The van der Waals surface area contributed by atoms with Crippen LogP contribution in [0.25, 0.3) is 5.65 Å². The predicted octanol–water partition coefficient (Wildman–Crippen LogP) is 1.78. The summed E-state index contributed by atoms with van der Waals surface area (Å²) in [4.78, 5) is 21.4. The maximum Gasteiger partial charge on any atom is 0.271 e. The summed E-state index contributed by atoms with van der Waals surface area (Å²) in [5, 5.41) is 13.8. The molecular weight excluding hydrogens is 306 g/mol. The fourth-order valence-electron chi connectivity index (χ4n) is 2.99. The van der Waals surface area contributed by atoms with Gasteiger partial charge in [-0.3, -0.25) is 4.79 Å². The standard InChI is InChI=1S/C16H19N7O/c1-17-11-8-14-21-13-6-2-4-10(20-13)5-3-7-18-16(24)12-9-19-15(11)23(12)22-14/h6,8-9,17H,2-5,7H2,1H3,(H,18,24)(H,21,22). The number of anilines is 2. The van der Waals surface area contributed by atoms with Crippen LogP contribution < -0.4 is 16.0 Å². The van der Waals surface area contributed by atoms with E-state index in [4.69, 9.17) is 0 Å². The molecule has 3 N–H and O–H groups in total. The highest BCUT2D eigenvalue weighted by Gasteiger charge is 2.18. The number of amides is 1. The third kappa shape index (κ3) is 2.60. The molecule has 124 valence electrons. The lowest BCUT2D eigenvalue weighted by molar-refractivity contribution is 0.0946. The van der Waals surface area contributed by atoms with Crippen LogP contribution in [0, 0.1) is 0 Å². The number of nitrogens with one attached hydrogen (secondary N) is 3. The molecule has 2 aromatic heterocycles. The lowest BCUT2D eigenvalue weighted by atomic mass is 10.1. The Balaban J connectivity index is 1.84. The van der Waals surface area contributed by atoms with Crippen molar-refractivity contribution in [1.82, 2.24) is 19.9 Å². The normalized spacial score (nSPS) is 17.8. The van der Waals surface area contributed by atoms with Gasteiger partial charge in [-0.25, -0.2) is 14.5 Å². The Hall–Kier alpha value is -2.90. The summed E-state index contributed by atoms with van der Waals surface area (Å²) in [7, 11) is 1.82. The molecule has 2 aliphatic heterocycles. The molecular formula is C16H19N7O. The second-order valence-electron chi connectivity index (χ2n) is 5.86. The Morgan fingerprint density at radius 3 is 3.12 bits per heavy atom. The van der Waals surface area contributed by atoms with Crippen LogP contribution in [0.3, 0.4) is 0 Å². The number of aromatic nitrogens is 3. The van der Waals surface area contributed by atoms with E-state index >= 15 is 0 Å². The minimum atomic E-state index is -0.169. The molecule has 0 saturated heterocycles. The molecule has 24 heavy (non-hydrogen) atoms. The molecule has 0 aromatic carbocycles. The highest BCUT2D eigenvalue weighted by molar-refractivity contribution is 5.94. The quantitative estimate of drug-likeness (QED) is 0.743. The van der Waals surface area contributed by atoms with E-state index in [1.54, 1.807) is 10.7 Å². The molecule has 8 nitrogen and oxygen atoms in total. The molecule has 2 aromatic rings. The molecule has 4 heterocycles. The third-order valence-electron chi connectivity index (χ3n) is 4.20. The van der Waals surface area contributed by atoms with Gasteiger partial charge >= 0.3 is 0 Å². The van der Waals surface area contributed by atoms with Crippen LogP contribution in [-0.2, 0) is 0 Å². The first-order chi connectivity index (χ1) is 11.7. The number of carbonyl (C=O) groups excluding carboxylic acids is 1. The van der Waals surface area contributed by atoms with E-state index in [0.29, 0.717) is 23.7 Å². The van der Waals surface area contributed by atoms with Crippen molar-refractivity contribution < 1.29 is 4.79 Å². The van der Waals surface area contributed by atoms with Gasteiger partial charge in [0, 0.05) is 25.4 Å². The molecule has 0 saturated carbocycles. The largest absolute Gasteiger partial charge is 0.385 e. The second-order valence-corrected chi connectivity index (χ2v) is 5.86. The predicted molar refractivity (Wildman–Crippen MR) is 92.5 cm³/mol. The molecule has 0 unspecified atom stereocenters. The van der Waals surface area contributed by atoms with Crippen molar-refractivity contribution in [1.29, 1.82) is 0 Å². The average molecular weight is 325 g/mol. The topological polar surface area (TPSA) is 95.7 Å². The van der Waals surface area contributed by atoms with Gasteiger partial charge in [0.1, 0.15) is 5.82 Å². The van der Waals surface area contributed by atoms with Crippen LogP contribution >= 0.6 is 0 Å². The molecule has 4 rings (SSSR count). The second kappa shape index (κ2) is 5.95. The maximum absolute atomic E-state index is 12.4. The molecule has 0 radical (unpaired) electrons. The molecule has 2 aliphatic rings. The molecule has 0 atom stereocenters. The lowest BCUT2D eigenvalue weighted by Crippen LogP contribution is -2.26. The lowest BCUT2D eigenvalue weighted by Gasteiger charge is -2.14. The van der Waals surface area contributed by atoms with Gasteiger partial charge in [-0.15, -0.1) is 5.10 Å². The van der Waals surface area contributed by atoms with Crippen molar-refractivity contribution in [3.63, 3.8) is 0 Å². The first kappa shape index (κ1) is 14.7. The Morgan fingerprint density at radius 1 is 1.33 bits per heavy atom. The van der Waals surface area contributed by atoms with Crippen LogP contribution in [-0.4, -0.2) is 39.8 Å². The Labute approximate surface area is 139 Å². The van der Waals surface area contributed by atoms with Crippen molar-refractivity contribution in [3.8, 4) is 0 Å². The van der Waals surface area contributed by atoms with E-state index in [9.17, 15) is 4.79 Å². The summed E-state index contributed by atoms with van der Waals surface area (Å²) in [5.74, 6) is 1.26. The average Bonchev–Trinajstić information content (AvgIpc) is 3.01. The minimum Gasteiger partial charge on any atom is -0.385 e. The smallest absolute Gasteiger partial charge is 0.271 e. The van der Waals surface area contributed by atoms with Crippen molar-refractivity contribution in [2.75, 3.05) is 24.2 Å². The molecule has 1 amide bonds. The minimum absolute atomic E-state index is 0.169. The van der Waals surface area contributed by atoms with Gasteiger partial charge in [0.05, 0.1) is 11.9 Å². The van der Waals surface area contributed by atoms with Crippen LogP contribution in [0.1, 0.15) is 36.2 Å². The highest BCUT2D eigenvalue weighted by Crippen LogP contribution is 2.22. The van der Waals surface area contributed by atoms with Gasteiger partial charge in [-0.2, -0.15) is 0 Å². The fraction of sp³-hybridized carbons (Fsp3) is 0.375. The van der Waals surface area contributed by atoms with Gasteiger partial charge in [0.15, 0.2) is 17.2 Å². The SMILES string of the molecule is CNc1cc2nn3c(cnc13)C(=O)NCCCC1=NC(=CCC1)N2. The summed E-state index contributed by atoms with van der Waals surface area (Å²) >= 11 is 0. The molecule has 0 spiro atoms. The van der Waals surface area contributed by atoms with Crippen LogP contribution in [0.5, 0.6) is 0 Å². The highest BCUT2D eigenvalue weighted by atomic mass is 16.2. The summed E-state index contributed by atoms with van der Waals surface area (Å²) in [6.07, 6.45) is 7.31. The number of aliphatic imine (C=N–C) groups is 1. The number of imidazole rings is 1. The summed E-state index contributed by atoms with van der Waals surface area (Å²) in [6.45, 7) is 0.607. The van der Waals surface area contributed by atoms with E-state index in [2.05, 4.69) is 37.1 Å². The Morgan fingerprint density at radius 2 is 2.25 bits per heavy atom. The number of nitrogens with zero attached hydrogens (tertiary/aromatic N) is 4. The van der Waals surface area contributed by atoms with E-state index in [-0.39, 0.29) is 5.91 Å². The van der Waals surface area contributed by atoms with Crippen molar-refractivity contribution in [2.24, 2.45) is 4.99 Å². The third-order valence-corrected chi connectivity index (χ3v) is 4.20. The number of carbonyl (C=O) groups is 1. The van der Waals surface area contributed by atoms with Crippen LogP contribution in [0.4, 0.5) is 11.5 Å². The molecule has 8 heteroatoms. The van der Waals surface area contributed by atoms with Crippen LogP contribution in [0.15, 0.2) is 29.2 Å². The van der Waals surface area contributed by atoms with Crippen molar-refractivity contribution in [2.45, 2.75) is 25.7 Å². The molecule has 0 fully saturated rings. The monoisotopic (exact) mass is 325 g/mol. The van der Waals surface area contributed by atoms with Gasteiger partial charge in [-0.1, -0.05) is 0 Å². The van der Waals surface area contributed by atoms with Gasteiger partial charge in [0.25, 0.3) is 5.91 Å². The zero-order valence-electron chi connectivity index (χ0n) is 13.5. The first-order valence-corrected chi connectivity index (χ1v) is 8.13. The van der Waals surface area contributed by atoms with Crippen LogP contribution in [0.2, 0.25) is 0 Å². The first-order valence-electron chi connectivity index (χ1n) is 8.13. The number of fused-ring (bicyclic) bond motifs is 2. The van der Waals surface area contributed by atoms with E-state index < -0.39 is 0 Å². The zero-order valence-corrected chi connectivity index (χ0v) is 13.5. The maximum atomic E-state index is 12.4. The van der Waals surface area contributed by atoms with E-state index in [1.165, 1.54) is 0 Å². The number of allylic oxidation sites excluding steroid dienone is 1. The van der Waals surface area contributed by atoms with Gasteiger partial charge in [-0.05, 0) is 31.8 Å². The fourth-order valence-corrected chi connectivity index (χ4v) is 2.99. The van der Waals surface area contributed by atoms with Gasteiger partial charge < -0.3 is 16.0 Å². The Bertz CT molecular complexity index is 865. The van der Waals surface area contributed by atoms with E-state index in [1.807, 2.05) is 13.1 Å². The number of hydrogen-bond acceptors (Lipinski definition) is 6. The number of hydrogen-bond donors (Lipinski definition) is 3. The van der Waals surface area contributed by atoms with Crippen molar-refractivity contribution >= 4 is 28.8 Å². The Kier molecular flexibility index (Phi) is 3.64. The number of rotatable bonds is 1. The van der Waals surface area contributed by atoms with Gasteiger partial charge in [0.2, 0.25) is 0 Å². The summed E-state index contributed by atoms with van der Waals surface area (Å²) in [6, 6.07) is 1.87. The summed E-state index contributed by atoms with van der Waals surface area (Å²) in [5.41, 5.74) is 2.99. The van der Waals surface area contributed by atoms with E-state index in [0.717, 1.165) is 42.9 Å². The zero-order chi connectivity index (χ0) is 16.5. The molecule has 0 aliphatic carbocycles. The van der Waals surface area contributed by atoms with Crippen molar-refractivity contribution in [3.05, 3.63) is 29.9 Å². The molecule has 4 bridgehead atoms. The summed E-state index contributed by atoms with van der Waals surface area (Å²) < 4.78 is 1.56.